The lowest BCUT2D eigenvalue weighted by Crippen LogP contribution is -2.50. The molecule has 2 aromatic rings. The molecule has 2 aromatic heterocycles. The smallest absolute Gasteiger partial charge is 0.264 e. The molecule has 4 heterocycles. The van der Waals surface area contributed by atoms with Gasteiger partial charge in [0.15, 0.2) is 5.82 Å². The fourth-order valence-corrected chi connectivity index (χ4v) is 3.88. The van der Waals surface area contributed by atoms with Crippen LogP contribution in [0.25, 0.3) is 0 Å². The Hall–Kier alpha value is -1.73. The van der Waals surface area contributed by atoms with Crippen molar-refractivity contribution in [3.05, 3.63) is 34.0 Å². The maximum absolute atomic E-state index is 12.4. The fourth-order valence-electron chi connectivity index (χ4n) is 3.05. The maximum atomic E-state index is 12.4. The summed E-state index contributed by atoms with van der Waals surface area (Å²) in [6.45, 7) is 4.25. The summed E-state index contributed by atoms with van der Waals surface area (Å²) in [6.07, 6.45) is 3.90. The Kier molecular flexibility index (Phi) is 3.46. The summed E-state index contributed by atoms with van der Waals surface area (Å²) in [5.74, 6) is 1.03. The molecule has 2 fully saturated rings. The van der Waals surface area contributed by atoms with Gasteiger partial charge in [-0.3, -0.25) is 4.79 Å². The summed E-state index contributed by atoms with van der Waals surface area (Å²) in [4.78, 5) is 16.2. The van der Waals surface area contributed by atoms with Crippen LogP contribution in [-0.2, 0) is 4.74 Å². The first-order valence-corrected chi connectivity index (χ1v) is 8.41. The maximum Gasteiger partial charge on any atom is 0.264 e. The Morgan fingerprint density at radius 3 is 2.95 bits per heavy atom. The molecular weight excluding hydrogens is 300 g/mol. The Labute approximate surface area is 132 Å². The molecule has 0 radical (unpaired) electrons. The normalized spacial score (nSPS) is 22.0. The van der Waals surface area contributed by atoms with E-state index in [4.69, 9.17) is 4.74 Å². The van der Waals surface area contributed by atoms with Crippen molar-refractivity contribution in [1.29, 1.82) is 0 Å². The molecule has 2 saturated heterocycles. The summed E-state index contributed by atoms with van der Waals surface area (Å²) in [5.41, 5.74) is 0. The molecule has 1 amide bonds. The Morgan fingerprint density at radius 2 is 2.27 bits per heavy atom. The van der Waals surface area contributed by atoms with Gasteiger partial charge in [-0.15, -0.1) is 21.5 Å². The van der Waals surface area contributed by atoms with Gasteiger partial charge in [0.05, 0.1) is 10.9 Å². The first-order chi connectivity index (χ1) is 10.7. The van der Waals surface area contributed by atoms with Crippen LogP contribution in [0.3, 0.4) is 0 Å². The zero-order chi connectivity index (χ0) is 15.1. The zero-order valence-electron chi connectivity index (χ0n) is 12.4. The van der Waals surface area contributed by atoms with Crippen LogP contribution in [0.15, 0.2) is 18.5 Å². The highest BCUT2D eigenvalue weighted by molar-refractivity contribution is 7.13. The number of hydrogen-bond donors (Lipinski definition) is 0. The number of hydrogen-bond acceptors (Lipinski definition) is 5. The van der Waals surface area contributed by atoms with Gasteiger partial charge in [-0.25, -0.2) is 0 Å². The van der Waals surface area contributed by atoms with Crippen molar-refractivity contribution in [2.45, 2.75) is 31.9 Å². The molecule has 2 aliphatic heterocycles. The minimum atomic E-state index is 0.0622. The Morgan fingerprint density at radius 1 is 1.41 bits per heavy atom. The van der Waals surface area contributed by atoms with E-state index in [2.05, 4.69) is 14.8 Å². The second-order valence-corrected chi connectivity index (χ2v) is 7.16. The molecule has 6 nitrogen and oxygen atoms in total. The van der Waals surface area contributed by atoms with Crippen LogP contribution >= 0.6 is 11.3 Å². The van der Waals surface area contributed by atoms with Gasteiger partial charge in [-0.1, -0.05) is 0 Å². The monoisotopic (exact) mass is 318 g/mol. The molecule has 116 valence electrons. The Bertz CT molecular complexity index is 683. The molecule has 22 heavy (non-hydrogen) atoms. The lowest BCUT2D eigenvalue weighted by atomic mass is 10.1. The SMILES string of the molecule is Cc1ccc(C(=O)N2CC(n3cnnc3C3CCCO3)C2)s1. The largest absolute Gasteiger partial charge is 0.370 e. The number of carbonyl (C=O) groups excluding carboxylic acids is 1. The van der Waals surface area contributed by atoms with Crippen molar-refractivity contribution in [3.63, 3.8) is 0 Å². The molecule has 0 bridgehead atoms. The second kappa shape index (κ2) is 5.48. The average Bonchev–Trinajstić information content (AvgIpc) is 3.16. The third-order valence-electron chi connectivity index (χ3n) is 4.31. The van der Waals surface area contributed by atoms with E-state index in [1.54, 1.807) is 17.7 Å². The van der Waals surface area contributed by atoms with E-state index in [9.17, 15) is 4.79 Å². The highest BCUT2D eigenvalue weighted by atomic mass is 32.1. The van der Waals surface area contributed by atoms with Crippen LogP contribution in [0, 0.1) is 6.92 Å². The number of ether oxygens (including phenoxy) is 1. The molecule has 2 aliphatic rings. The third kappa shape index (κ3) is 2.34. The molecule has 0 aliphatic carbocycles. The van der Waals surface area contributed by atoms with Gasteiger partial charge in [0, 0.05) is 24.6 Å². The molecule has 1 atom stereocenters. The van der Waals surface area contributed by atoms with Crippen molar-refractivity contribution in [2.24, 2.45) is 0 Å². The number of amides is 1. The zero-order valence-corrected chi connectivity index (χ0v) is 13.3. The molecular formula is C15H18N4O2S. The number of carbonyl (C=O) groups is 1. The lowest BCUT2D eigenvalue weighted by Gasteiger charge is -2.40. The van der Waals surface area contributed by atoms with Gasteiger partial charge in [-0.2, -0.15) is 0 Å². The topological polar surface area (TPSA) is 60.2 Å². The van der Waals surface area contributed by atoms with Crippen LogP contribution in [0.2, 0.25) is 0 Å². The number of aromatic nitrogens is 3. The number of nitrogens with zero attached hydrogens (tertiary/aromatic N) is 4. The van der Waals surface area contributed by atoms with E-state index < -0.39 is 0 Å². The van der Waals surface area contributed by atoms with Crippen molar-refractivity contribution in [2.75, 3.05) is 19.7 Å². The molecule has 4 rings (SSSR count). The predicted molar refractivity (Wildman–Crippen MR) is 81.9 cm³/mol. The first-order valence-electron chi connectivity index (χ1n) is 7.59. The Balaban J connectivity index is 1.43. The number of thiophene rings is 1. The molecule has 0 spiro atoms. The quantitative estimate of drug-likeness (QED) is 0.870. The van der Waals surface area contributed by atoms with E-state index in [0.29, 0.717) is 13.1 Å². The first kappa shape index (κ1) is 13.9. The average molecular weight is 318 g/mol. The highest BCUT2D eigenvalue weighted by Crippen LogP contribution is 2.32. The van der Waals surface area contributed by atoms with Crippen LogP contribution in [0.5, 0.6) is 0 Å². The van der Waals surface area contributed by atoms with Crippen LogP contribution in [0.4, 0.5) is 0 Å². The molecule has 7 heteroatoms. The van der Waals surface area contributed by atoms with E-state index in [1.165, 1.54) is 4.88 Å². The van der Waals surface area contributed by atoms with E-state index in [0.717, 1.165) is 30.2 Å². The van der Waals surface area contributed by atoms with Gasteiger partial charge in [0.2, 0.25) is 0 Å². The number of aryl methyl sites for hydroxylation is 1. The highest BCUT2D eigenvalue weighted by Gasteiger charge is 2.36. The molecule has 0 N–H and O–H groups in total. The van der Waals surface area contributed by atoms with Gasteiger partial charge in [-0.05, 0) is 31.9 Å². The van der Waals surface area contributed by atoms with Gasteiger partial charge in [0.1, 0.15) is 12.4 Å². The van der Waals surface area contributed by atoms with Crippen molar-refractivity contribution in [3.8, 4) is 0 Å². The van der Waals surface area contributed by atoms with E-state index in [-0.39, 0.29) is 18.1 Å². The summed E-state index contributed by atoms with van der Waals surface area (Å²) >= 11 is 1.55. The minimum absolute atomic E-state index is 0.0622. The number of likely N-dealkylation sites (tertiary alicyclic amines) is 1. The van der Waals surface area contributed by atoms with Crippen molar-refractivity contribution < 1.29 is 9.53 Å². The molecule has 1 unspecified atom stereocenters. The second-order valence-electron chi connectivity index (χ2n) is 5.87. The summed E-state index contributed by atoms with van der Waals surface area (Å²) in [5, 5.41) is 8.25. The lowest BCUT2D eigenvalue weighted by molar-refractivity contribution is 0.0488. The minimum Gasteiger partial charge on any atom is -0.370 e. The van der Waals surface area contributed by atoms with E-state index in [1.807, 2.05) is 24.0 Å². The summed E-state index contributed by atoms with van der Waals surface area (Å²) in [6, 6.07) is 4.16. The third-order valence-corrected chi connectivity index (χ3v) is 5.30. The van der Waals surface area contributed by atoms with Gasteiger partial charge >= 0.3 is 0 Å². The number of rotatable bonds is 3. The van der Waals surface area contributed by atoms with Gasteiger partial charge in [0.25, 0.3) is 5.91 Å². The standard InChI is InChI=1S/C15H18N4O2S/c1-10-4-5-13(22-10)15(20)18-7-11(8-18)19-9-16-17-14(19)12-3-2-6-21-12/h4-5,9,11-12H,2-3,6-8H2,1H3. The van der Waals surface area contributed by atoms with Gasteiger partial charge < -0.3 is 14.2 Å². The van der Waals surface area contributed by atoms with Crippen LogP contribution < -0.4 is 0 Å². The molecule has 0 aromatic carbocycles. The predicted octanol–water partition coefficient (Wildman–Crippen LogP) is 2.20. The van der Waals surface area contributed by atoms with Crippen molar-refractivity contribution in [1.82, 2.24) is 19.7 Å². The summed E-state index contributed by atoms with van der Waals surface area (Å²) < 4.78 is 7.78. The van der Waals surface area contributed by atoms with Crippen molar-refractivity contribution >= 4 is 17.2 Å². The summed E-state index contributed by atoms with van der Waals surface area (Å²) in [7, 11) is 0. The van der Waals surface area contributed by atoms with E-state index >= 15 is 0 Å². The molecule has 0 saturated carbocycles. The fraction of sp³-hybridized carbons (Fsp3) is 0.533. The van der Waals surface area contributed by atoms with Crippen LogP contribution in [-0.4, -0.2) is 45.3 Å². The van der Waals surface area contributed by atoms with Crippen LogP contribution in [0.1, 0.15) is 45.4 Å².